The second-order valence-corrected chi connectivity index (χ2v) is 5.94. The van der Waals surface area contributed by atoms with Crippen LogP contribution in [0.3, 0.4) is 0 Å². The van der Waals surface area contributed by atoms with E-state index in [1.807, 2.05) is 0 Å². The Morgan fingerprint density at radius 1 is 1.25 bits per heavy atom. The van der Waals surface area contributed by atoms with Gasteiger partial charge in [0, 0.05) is 0 Å². The Hall–Kier alpha value is -0.940. The predicted molar refractivity (Wildman–Crippen MR) is 57.1 cm³/mol. The third-order valence-corrected chi connectivity index (χ3v) is 3.93. The summed E-state index contributed by atoms with van der Waals surface area (Å²) in [6.45, 7) is 0.500. The van der Waals surface area contributed by atoms with E-state index in [-0.39, 0.29) is 10.8 Å². The molecule has 0 aromatic heterocycles. The zero-order chi connectivity index (χ0) is 11.6. The predicted octanol–water partition coefficient (Wildman–Crippen LogP) is 1.98. The Kier molecular flexibility index (Phi) is 3.25. The minimum atomic E-state index is -3.43. The van der Waals surface area contributed by atoms with E-state index in [4.69, 9.17) is 4.74 Å². The van der Waals surface area contributed by atoms with Crippen LogP contribution in [0.2, 0.25) is 0 Å². The lowest BCUT2D eigenvalue weighted by molar-refractivity contribution is 0.165. The largest absolute Gasteiger partial charge is 0.365 e. The Morgan fingerprint density at radius 2 is 1.88 bits per heavy atom. The lowest BCUT2D eigenvalue weighted by Gasteiger charge is -2.05. The summed E-state index contributed by atoms with van der Waals surface area (Å²) in [5.74, 6) is -0.240. The maximum absolute atomic E-state index is 12.6. The van der Waals surface area contributed by atoms with Gasteiger partial charge in [0.15, 0.2) is 5.94 Å². The van der Waals surface area contributed by atoms with Gasteiger partial charge in [0.2, 0.25) is 9.84 Å². The van der Waals surface area contributed by atoms with Crippen molar-refractivity contribution in [3.05, 3.63) is 30.1 Å². The molecule has 0 saturated heterocycles. The van der Waals surface area contributed by atoms with E-state index in [0.29, 0.717) is 12.5 Å². The van der Waals surface area contributed by atoms with Gasteiger partial charge >= 0.3 is 0 Å². The maximum Gasteiger partial charge on any atom is 0.202 e. The topological polar surface area (TPSA) is 43.4 Å². The normalized spacial score (nSPS) is 16.3. The Bertz CT molecular complexity index is 449. The van der Waals surface area contributed by atoms with Crippen LogP contribution in [0.4, 0.5) is 4.39 Å². The van der Waals surface area contributed by atoms with Crippen LogP contribution in [0.1, 0.15) is 12.8 Å². The summed E-state index contributed by atoms with van der Waals surface area (Å²) >= 11 is 0. The molecular formula is C11H13FO3S. The van der Waals surface area contributed by atoms with Gasteiger partial charge in [-0.15, -0.1) is 0 Å². The minimum Gasteiger partial charge on any atom is -0.365 e. The fraction of sp³-hybridized carbons (Fsp3) is 0.455. The number of halogens is 1. The van der Waals surface area contributed by atoms with E-state index in [2.05, 4.69) is 0 Å². The van der Waals surface area contributed by atoms with E-state index in [1.165, 1.54) is 12.1 Å². The molecule has 1 fully saturated rings. The molecule has 1 saturated carbocycles. The lowest BCUT2D eigenvalue weighted by Crippen LogP contribution is -2.11. The van der Waals surface area contributed by atoms with Gasteiger partial charge < -0.3 is 4.74 Å². The van der Waals surface area contributed by atoms with E-state index in [9.17, 15) is 12.8 Å². The summed E-state index contributed by atoms with van der Waals surface area (Å²) in [6, 6.07) is 4.78. The van der Waals surface area contributed by atoms with Crippen molar-refractivity contribution in [2.24, 2.45) is 5.92 Å². The van der Waals surface area contributed by atoms with Gasteiger partial charge in [0.05, 0.1) is 11.5 Å². The number of hydrogen-bond donors (Lipinski definition) is 0. The first-order valence-corrected chi connectivity index (χ1v) is 6.79. The van der Waals surface area contributed by atoms with Crippen LogP contribution in [0.15, 0.2) is 29.2 Å². The first-order chi connectivity index (χ1) is 7.58. The van der Waals surface area contributed by atoms with Crippen molar-refractivity contribution < 1.29 is 17.5 Å². The van der Waals surface area contributed by atoms with Gasteiger partial charge in [-0.05, 0) is 43.0 Å². The molecule has 0 bridgehead atoms. The molecular weight excluding hydrogens is 231 g/mol. The fourth-order valence-corrected chi connectivity index (χ4v) is 2.32. The molecule has 5 heteroatoms. The average Bonchev–Trinajstić information content (AvgIpc) is 3.02. The van der Waals surface area contributed by atoms with E-state index >= 15 is 0 Å². The molecule has 0 atom stereocenters. The summed E-state index contributed by atoms with van der Waals surface area (Å²) < 4.78 is 41.1. The highest BCUT2D eigenvalue weighted by atomic mass is 32.2. The van der Waals surface area contributed by atoms with E-state index < -0.39 is 15.7 Å². The third-order valence-electron chi connectivity index (χ3n) is 2.46. The second kappa shape index (κ2) is 4.51. The molecule has 0 amide bonds. The SMILES string of the molecule is O=S(=O)(COCC1CC1)c1ccc(F)cc1. The number of ether oxygens (including phenoxy) is 1. The molecule has 1 aliphatic rings. The highest BCUT2D eigenvalue weighted by Crippen LogP contribution is 2.29. The summed E-state index contributed by atoms with van der Waals surface area (Å²) in [6.07, 6.45) is 2.24. The van der Waals surface area contributed by atoms with E-state index in [0.717, 1.165) is 25.0 Å². The van der Waals surface area contributed by atoms with Crippen molar-refractivity contribution in [3.8, 4) is 0 Å². The molecule has 0 heterocycles. The fourth-order valence-electron chi connectivity index (χ4n) is 1.32. The lowest BCUT2D eigenvalue weighted by atomic mass is 10.4. The van der Waals surface area contributed by atoms with Crippen molar-refractivity contribution in [2.45, 2.75) is 17.7 Å². The van der Waals surface area contributed by atoms with Crippen LogP contribution >= 0.6 is 0 Å². The molecule has 16 heavy (non-hydrogen) atoms. The van der Waals surface area contributed by atoms with Gasteiger partial charge in [-0.3, -0.25) is 0 Å². The van der Waals surface area contributed by atoms with E-state index in [1.54, 1.807) is 0 Å². The highest BCUT2D eigenvalue weighted by molar-refractivity contribution is 7.91. The molecule has 3 nitrogen and oxygen atoms in total. The van der Waals surface area contributed by atoms with Gasteiger partial charge in [-0.2, -0.15) is 0 Å². The zero-order valence-corrected chi connectivity index (χ0v) is 9.54. The quantitative estimate of drug-likeness (QED) is 0.744. The average molecular weight is 244 g/mol. The molecule has 1 aliphatic carbocycles. The standard InChI is InChI=1S/C11H13FO3S/c12-10-3-5-11(6-4-10)16(13,14)8-15-7-9-1-2-9/h3-6,9H,1-2,7-8H2. The number of rotatable bonds is 5. The minimum absolute atomic E-state index is 0.102. The molecule has 0 spiro atoms. The molecule has 2 rings (SSSR count). The van der Waals surface area contributed by atoms with Crippen molar-refractivity contribution in [2.75, 3.05) is 12.5 Å². The molecule has 0 unspecified atom stereocenters. The van der Waals surface area contributed by atoms with Gasteiger partial charge in [-0.1, -0.05) is 0 Å². The molecule has 1 aromatic rings. The first kappa shape index (κ1) is 11.5. The summed E-state index contributed by atoms with van der Waals surface area (Å²) in [7, 11) is -3.43. The Morgan fingerprint density at radius 3 is 2.44 bits per heavy atom. The van der Waals surface area contributed by atoms with Crippen LogP contribution in [0, 0.1) is 11.7 Å². The van der Waals surface area contributed by atoms with Crippen LogP contribution in [-0.2, 0) is 14.6 Å². The van der Waals surface area contributed by atoms with Crippen LogP contribution < -0.4 is 0 Å². The number of sulfone groups is 1. The summed E-state index contributed by atoms with van der Waals surface area (Å²) in [4.78, 5) is 0.102. The molecule has 1 aromatic carbocycles. The Labute approximate surface area is 94.2 Å². The Balaban J connectivity index is 1.97. The van der Waals surface area contributed by atoms with Crippen molar-refractivity contribution in [3.63, 3.8) is 0 Å². The maximum atomic E-state index is 12.6. The smallest absolute Gasteiger partial charge is 0.202 e. The molecule has 88 valence electrons. The zero-order valence-electron chi connectivity index (χ0n) is 8.73. The second-order valence-electron chi connectivity index (χ2n) is 4.00. The molecule has 0 aliphatic heterocycles. The van der Waals surface area contributed by atoms with Crippen LogP contribution in [0.25, 0.3) is 0 Å². The summed E-state index contributed by atoms with van der Waals surface area (Å²) in [5, 5.41) is 0. The van der Waals surface area contributed by atoms with Crippen molar-refractivity contribution in [1.29, 1.82) is 0 Å². The van der Waals surface area contributed by atoms with Crippen molar-refractivity contribution in [1.82, 2.24) is 0 Å². The van der Waals surface area contributed by atoms with Crippen LogP contribution in [0.5, 0.6) is 0 Å². The van der Waals surface area contributed by atoms with Gasteiger partial charge in [0.25, 0.3) is 0 Å². The molecule has 0 N–H and O–H groups in total. The highest BCUT2D eigenvalue weighted by Gasteiger charge is 2.23. The van der Waals surface area contributed by atoms with Crippen LogP contribution in [-0.4, -0.2) is 21.0 Å². The van der Waals surface area contributed by atoms with Crippen molar-refractivity contribution >= 4 is 9.84 Å². The van der Waals surface area contributed by atoms with Gasteiger partial charge in [0.1, 0.15) is 5.82 Å². The molecule has 0 radical (unpaired) electrons. The van der Waals surface area contributed by atoms with Gasteiger partial charge in [-0.25, -0.2) is 12.8 Å². The first-order valence-electron chi connectivity index (χ1n) is 5.14. The number of benzene rings is 1. The number of hydrogen-bond acceptors (Lipinski definition) is 3. The monoisotopic (exact) mass is 244 g/mol. The summed E-state index contributed by atoms with van der Waals surface area (Å²) in [5.41, 5.74) is 0. The third kappa shape index (κ3) is 3.02.